The molecule has 0 amide bonds. The molecule has 1 atom stereocenters. The number of methoxy groups -OCH3 is 1. The Hall–Kier alpha value is -2.53. The molecule has 0 aliphatic carbocycles. The first-order valence-corrected chi connectivity index (χ1v) is 8.31. The summed E-state index contributed by atoms with van der Waals surface area (Å²) in [5.41, 5.74) is 2.05. The number of aliphatic carboxylic acids is 1. The van der Waals surface area contributed by atoms with Crippen molar-refractivity contribution in [3.05, 3.63) is 59.7 Å². The van der Waals surface area contributed by atoms with Crippen molar-refractivity contribution in [2.45, 2.75) is 25.9 Å². The maximum Gasteiger partial charge on any atom is 0.333 e. The molecule has 2 aromatic carbocycles. The zero-order chi connectivity index (χ0) is 18.1. The van der Waals surface area contributed by atoms with Crippen LogP contribution in [-0.2, 0) is 22.4 Å². The van der Waals surface area contributed by atoms with E-state index in [4.69, 9.17) is 19.3 Å². The van der Waals surface area contributed by atoms with Crippen LogP contribution < -0.4 is 9.47 Å². The fourth-order valence-corrected chi connectivity index (χ4v) is 2.47. The van der Waals surface area contributed by atoms with E-state index in [0.717, 1.165) is 29.0 Å². The average molecular weight is 344 g/mol. The van der Waals surface area contributed by atoms with E-state index in [9.17, 15) is 4.79 Å². The summed E-state index contributed by atoms with van der Waals surface area (Å²) in [6, 6.07) is 15.3. The zero-order valence-electron chi connectivity index (χ0n) is 14.6. The summed E-state index contributed by atoms with van der Waals surface area (Å²) in [7, 11) is 1.65. The van der Waals surface area contributed by atoms with Crippen LogP contribution in [0.5, 0.6) is 11.5 Å². The largest absolute Gasteiger partial charge is 0.497 e. The zero-order valence-corrected chi connectivity index (χ0v) is 14.6. The van der Waals surface area contributed by atoms with Crippen LogP contribution >= 0.6 is 0 Å². The lowest BCUT2D eigenvalue weighted by atomic mass is 10.1. The van der Waals surface area contributed by atoms with Crippen LogP contribution in [0.1, 0.15) is 18.1 Å². The Morgan fingerprint density at radius 1 is 1.08 bits per heavy atom. The molecule has 0 bridgehead atoms. The van der Waals surface area contributed by atoms with Crippen molar-refractivity contribution >= 4 is 5.97 Å². The number of hydrogen-bond acceptors (Lipinski definition) is 4. The van der Waals surface area contributed by atoms with Gasteiger partial charge in [-0.05, 0) is 42.3 Å². The summed E-state index contributed by atoms with van der Waals surface area (Å²) >= 11 is 0. The van der Waals surface area contributed by atoms with Crippen molar-refractivity contribution in [2.75, 3.05) is 20.3 Å². The number of rotatable bonds is 10. The molecule has 0 aromatic heterocycles. The van der Waals surface area contributed by atoms with Crippen molar-refractivity contribution in [3.63, 3.8) is 0 Å². The topological polar surface area (TPSA) is 65.0 Å². The predicted molar refractivity (Wildman–Crippen MR) is 95.4 cm³/mol. The van der Waals surface area contributed by atoms with Gasteiger partial charge in [0.1, 0.15) is 11.5 Å². The molecular formula is C20H24O5. The van der Waals surface area contributed by atoms with Gasteiger partial charge in [-0.1, -0.05) is 24.3 Å². The molecule has 5 nitrogen and oxygen atoms in total. The van der Waals surface area contributed by atoms with E-state index in [2.05, 4.69) is 0 Å². The van der Waals surface area contributed by atoms with Gasteiger partial charge in [0.05, 0.1) is 13.7 Å². The molecular weight excluding hydrogens is 320 g/mol. The average Bonchev–Trinajstić information content (AvgIpc) is 2.63. The lowest BCUT2D eigenvalue weighted by Crippen LogP contribution is -2.26. The van der Waals surface area contributed by atoms with Gasteiger partial charge in [-0.2, -0.15) is 0 Å². The minimum absolute atomic E-state index is 0.341. The molecule has 0 aliphatic rings. The molecule has 25 heavy (non-hydrogen) atoms. The highest BCUT2D eigenvalue weighted by molar-refractivity contribution is 5.72. The minimum atomic E-state index is -0.944. The SMILES string of the molecule is CCOC(Cc1ccc(OCCc2cccc(OC)c2)cc1)C(=O)O. The van der Waals surface area contributed by atoms with Crippen LogP contribution in [0.4, 0.5) is 0 Å². The summed E-state index contributed by atoms with van der Waals surface area (Å²) in [5, 5.41) is 9.12. The highest BCUT2D eigenvalue weighted by Crippen LogP contribution is 2.16. The molecule has 0 fully saturated rings. The monoisotopic (exact) mass is 344 g/mol. The first-order chi connectivity index (χ1) is 12.1. The quantitative estimate of drug-likeness (QED) is 0.716. The van der Waals surface area contributed by atoms with Crippen molar-refractivity contribution < 1.29 is 24.1 Å². The van der Waals surface area contributed by atoms with E-state index in [0.29, 0.717) is 19.6 Å². The Labute approximate surface area is 148 Å². The van der Waals surface area contributed by atoms with Crippen molar-refractivity contribution in [1.82, 2.24) is 0 Å². The molecule has 0 saturated heterocycles. The smallest absolute Gasteiger partial charge is 0.333 e. The first kappa shape index (κ1) is 18.8. The third-order valence-corrected chi connectivity index (χ3v) is 3.78. The predicted octanol–water partition coefficient (Wildman–Crippen LogP) is 3.35. The number of benzene rings is 2. The maximum absolute atomic E-state index is 11.1. The second-order valence-electron chi connectivity index (χ2n) is 5.58. The van der Waals surface area contributed by atoms with Gasteiger partial charge in [-0.3, -0.25) is 0 Å². The van der Waals surface area contributed by atoms with Crippen LogP contribution in [0.3, 0.4) is 0 Å². The number of carbonyl (C=O) groups is 1. The van der Waals surface area contributed by atoms with Crippen LogP contribution in [0.15, 0.2) is 48.5 Å². The molecule has 0 heterocycles. The van der Waals surface area contributed by atoms with Gasteiger partial charge in [0.2, 0.25) is 0 Å². The van der Waals surface area contributed by atoms with E-state index in [-0.39, 0.29) is 0 Å². The lowest BCUT2D eigenvalue weighted by molar-refractivity contribution is -0.149. The second kappa shape index (κ2) is 9.69. The van der Waals surface area contributed by atoms with E-state index in [1.54, 1.807) is 14.0 Å². The molecule has 1 unspecified atom stereocenters. The normalized spacial score (nSPS) is 11.8. The van der Waals surface area contributed by atoms with Crippen molar-refractivity contribution in [1.29, 1.82) is 0 Å². The third-order valence-electron chi connectivity index (χ3n) is 3.78. The molecule has 134 valence electrons. The van der Waals surface area contributed by atoms with Crippen molar-refractivity contribution in [2.24, 2.45) is 0 Å². The molecule has 2 aromatic rings. The van der Waals surface area contributed by atoms with E-state index in [1.807, 2.05) is 48.5 Å². The summed E-state index contributed by atoms with van der Waals surface area (Å²) in [5.74, 6) is 0.652. The number of hydrogen-bond donors (Lipinski definition) is 1. The van der Waals surface area contributed by atoms with Gasteiger partial charge in [-0.25, -0.2) is 4.79 Å². The van der Waals surface area contributed by atoms with Gasteiger partial charge in [-0.15, -0.1) is 0 Å². The first-order valence-electron chi connectivity index (χ1n) is 8.31. The van der Waals surface area contributed by atoms with Gasteiger partial charge >= 0.3 is 5.97 Å². The Balaban J connectivity index is 1.84. The van der Waals surface area contributed by atoms with Gasteiger partial charge in [0, 0.05) is 19.4 Å². The Morgan fingerprint density at radius 3 is 2.48 bits per heavy atom. The molecule has 1 N–H and O–H groups in total. The van der Waals surface area contributed by atoms with Crippen LogP contribution in [0.2, 0.25) is 0 Å². The standard InChI is InChI=1S/C20H24O5/c1-3-24-19(20(21)22)14-16-7-9-17(10-8-16)25-12-11-15-5-4-6-18(13-15)23-2/h4-10,13,19H,3,11-12,14H2,1-2H3,(H,21,22). The molecule has 0 spiro atoms. The van der Waals surface area contributed by atoms with E-state index >= 15 is 0 Å². The van der Waals surface area contributed by atoms with Crippen LogP contribution in [-0.4, -0.2) is 37.5 Å². The Kier molecular flexibility index (Phi) is 7.29. The third kappa shape index (κ3) is 6.12. The highest BCUT2D eigenvalue weighted by atomic mass is 16.5. The number of carboxylic acids is 1. The van der Waals surface area contributed by atoms with Gasteiger partial charge in [0.25, 0.3) is 0 Å². The van der Waals surface area contributed by atoms with E-state index < -0.39 is 12.1 Å². The van der Waals surface area contributed by atoms with Gasteiger partial charge < -0.3 is 19.3 Å². The van der Waals surface area contributed by atoms with Crippen LogP contribution in [0.25, 0.3) is 0 Å². The Morgan fingerprint density at radius 2 is 1.84 bits per heavy atom. The Bertz CT molecular complexity index is 666. The fourth-order valence-electron chi connectivity index (χ4n) is 2.47. The lowest BCUT2D eigenvalue weighted by Gasteiger charge is -2.13. The summed E-state index contributed by atoms with van der Waals surface area (Å²) in [4.78, 5) is 11.1. The number of carboxylic acid groups (broad SMARTS) is 1. The molecule has 2 rings (SSSR count). The summed E-state index contributed by atoms with van der Waals surface area (Å²) in [6.07, 6.45) is 0.308. The molecule has 0 aliphatic heterocycles. The van der Waals surface area contributed by atoms with E-state index in [1.165, 1.54) is 0 Å². The minimum Gasteiger partial charge on any atom is -0.497 e. The fraction of sp³-hybridized carbons (Fsp3) is 0.350. The molecule has 5 heteroatoms. The summed E-state index contributed by atoms with van der Waals surface area (Å²) in [6.45, 7) is 2.72. The van der Waals surface area contributed by atoms with Crippen molar-refractivity contribution in [3.8, 4) is 11.5 Å². The maximum atomic E-state index is 11.1. The van der Waals surface area contributed by atoms with Gasteiger partial charge in [0.15, 0.2) is 6.10 Å². The van der Waals surface area contributed by atoms with Crippen LogP contribution in [0, 0.1) is 0 Å². The second-order valence-corrected chi connectivity index (χ2v) is 5.58. The molecule has 0 saturated carbocycles. The molecule has 0 radical (unpaired) electrons. The highest BCUT2D eigenvalue weighted by Gasteiger charge is 2.17. The summed E-state index contributed by atoms with van der Waals surface area (Å²) < 4.78 is 16.2. The number of ether oxygens (including phenoxy) is 3.